The van der Waals surface area contributed by atoms with Gasteiger partial charge in [-0.25, -0.2) is 5.01 Å². The molecule has 0 spiro atoms. The maximum atomic E-state index is 6.28. The Bertz CT molecular complexity index is 905. The minimum atomic E-state index is -0.180. The van der Waals surface area contributed by atoms with Crippen LogP contribution in [-0.2, 0) is 0 Å². The molecule has 0 amide bonds. The van der Waals surface area contributed by atoms with Crippen LogP contribution in [0.4, 0.5) is 0 Å². The molecule has 2 aliphatic rings. The Morgan fingerprint density at radius 1 is 1.12 bits per heavy atom. The van der Waals surface area contributed by atoms with Crippen LogP contribution in [0.15, 0.2) is 58.3 Å². The third-order valence-corrected chi connectivity index (χ3v) is 6.40. The first-order valence-electron chi connectivity index (χ1n) is 7.69. The van der Waals surface area contributed by atoms with Crippen molar-refractivity contribution in [3.05, 3.63) is 73.6 Å². The Labute approximate surface area is 152 Å². The van der Waals surface area contributed by atoms with Crippen molar-refractivity contribution in [1.29, 1.82) is 0 Å². The second kappa shape index (κ2) is 5.62. The third kappa shape index (κ3) is 2.27. The fraction of sp³-hybridized carbons (Fsp3) is 0.167. The molecular formula is C18H13ClN2OS2. The SMILES string of the molecule is Clc1ccc2c(c1)[C@@H]1CC(c3cccs3)=NN1[C@H](c1cccs1)O2. The minimum absolute atomic E-state index is 0.164. The first-order chi connectivity index (χ1) is 11.8. The highest BCUT2D eigenvalue weighted by molar-refractivity contribution is 7.12. The van der Waals surface area contributed by atoms with Crippen LogP contribution in [0.25, 0.3) is 0 Å². The summed E-state index contributed by atoms with van der Waals surface area (Å²) < 4.78 is 6.28. The summed E-state index contributed by atoms with van der Waals surface area (Å²) in [7, 11) is 0. The predicted octanol–water partition coefficient (Wildman–Crippen LogP) is 5.71. The van der Waals surface area contributed by atoms with Gasteiger partial charge in [0.25, 0.3) is 0 Å². The van der Waals surface area contributed by atoms with E-state index in [0.29, 0.717) is 0 Å². The molecule has 3 aromatic rings. The topological polar surface area (TPSA) is 24.8 Å². The van der Waals surface area contributed by atoms with Crippen molar-refractivity contribution in [3.63, 3.8) is 0 Å². The van der Waals surface area contributed by atoms with Gasteiger partial charge in [-0.1, -0.05) is 23.7 Å². The molecule has 0 N–H and O–H groups in total. The zero-order valence-electron chi connectivity index (χ0n) is 12.6. The van der Waals surface area contributed by atoms with Gasteiger partial charge in [-0.15, -0.1) is 22.7 Å². The van der Waals surface area contributed by atoms with Crippen LogP contribution in [0.2, 0.25) is 5.02 Å². The first-order valence-corrected chi connectivity index (χ1v) is 9.82. The molecule has 0 unspecified atom stereocenters. The summed E-state index contributed by atoms with van der Waals surface area (Å²) >= 11 is 9.65. The molecule has 2 aliphatic heterocycles. The molecule has 3 nitrogen and oxygen atoms in total. The van der Waals surface area contributed by atoms with Crippen LogP contribution in [0.5, 0.6) is 5.75 Å². The van der Waals surface area contributed by atoms with Crippen molar-refractivity contribution in [2.75, 3.05) is 0 Å². The van der Waals surface area contributed by atoms with E-state index in [9.17, 15) is 0 Å². The third-order valence-electron chi connectivity index (χ3n) is 4.34. The van der Waals surface area contributed by atoms with Crippen molar-refractivity contribution in [3.8, 4) is 5.75 Å². The number of rotatable bonds is 2. The van der Waals surface area contributed by atoms with Crippen molar-refractivity contribution < 1.29 is 4.74 Å². The summed E-state index contributed by atoms with van der Waals surface area (Å²) in [6, 6.07) is 14.4. The highest BCUT2D eigenvalue weighted by Crippen LogP contribution is 2.48. The number of thiophene rings is 2. The monoisotopic (exact) mass is 372 g/mol. The lowest BCUT2D eigenvalue weighted by atomic mass is 9.98. The van der Waals surface area contributed by atoms with Gasteiger partial charge in [0.1, 0.15) is 5.75 Å². The molecule has 4 heterocycles. The molecule has 0 bridgehead atoms. The molecular weight excluding hydrogens is 360 g/mol. The van der Waals surface area contributed by atoms with Gasteiger partial charge < -0.3 is 4.74 Å². The molecule has 2 aromatic heterocycles. The Balaban J connectivity index is 1.62. The summed E-state index contributed by atoms with van der Waals surface area (Å²) in [4.78, 5) is 2.38. The van der Waals surface area contributed by atoms with E-state index in [1.807, 2.05) is 18.2 Å². The van der Waals surface area contributed by atoms with Crippen LogP contribution in [0, 0.1) is 0 Å². The quantitative estimate of drug-likeness (QED) is 0.576. The summed E-state index contributed by atoms with van der Waals surface area (Å²) in [6.07, 6.45) is 0.695. The van der Waals surface area contributed by atoms with Gasteiger partial charge in [0.05, 0.1) is 21.5 Å². The van der Waals surface area contributed by atoms with Gasteiger partial charge in [-0.2, -0.15) is 5.10 Å². The number of benzene rings is 1. The van der Waals surface area contributed by atoms with Crippen LogP contribution >= 0.6 is 34.3 Å². The van der Waals surface area contributed by atoms with Crippen LogP contribution in [0.3, 0.4) is 0 Å². The van der Waals surface area contributed by atoms with E-state index < -0.39 is 0 Å². The zero-order chi connectivity index (χ0) is 16.1. The summed E-state index contributed by atoms with van der Waals surface area (Å²) in [5.74, 6) is 0.904. The normalized spacial score (nSPS) is 21.9. The average Bonchev–Trinajstić information content (AvgIpc) is 3.33. The van der Waals surface area contributed by atoms with E-state index >= 15 is 0 Å². The van der Waals surface area contributed by atoms with Gasteiger partial charge in [0.15, 0.2) is 0 Å². The zero-order valence-corrected chi connectivity index (χ0v) is 14.9. The maximum Gasteiger partial charge on any atom is 0.222 e. The Kier molecular flexibility index (Phi) is 3.40. The number of nitrogens with zero attached hydrogens (tertiary/aromatic N) is 2. The second-order valence-electron chi connectivity index (χ2n) is 5.79. The van der Waals surface area contributed by atoms with E-state index in [1.54, 1.807) is 22.7 Å². The van der Waals surface area contributed by atoms with E-state index in [1.165, 1.54) is 4.88 Å². The summed E-state index contributed by atoms with van der Waals surface area (Å²) in [5.41, 5.74) is 2.23. The molecule has 0 aliphatic carbocycles. The van der Waals surface area contributed by atoms with E-state index in [0.717, 1.165) is 33.3 Å². The molecule has 0 saturated carbocycles. The maximum absolute atomic E-state index is 6.28. The predicted molar refractivity (Wildman–Crippen MR) is 99.2 cm³/mol. The standard InChI is InChI=1S/C18H13ClN2OS2/c19-11-5-6-15-12(9-11)14-10-13(16-3-1-7-23-16)20-21(14)18(22-15)17-4-2-8-24-17/h1-9,14,18H,10H2/t14-,18-/m0/s1. The Hall–Kier alpha value is -1.82. The average molecular weight is 373 g/mol. The molecule has 0 saturated heterocycles. The van der Waals surface area contributed by atoms with Crippen molar-refractivity contribution in [2.45, 2.75) is 18.7 Å². The molecule has 24 heavy (non-hydrogen) atoms. The second-order valence-corrected chi connectivity index (χ2v) is 8.16. The van der Waals surface area contributed by atoms with Crippen molar-refractivity contribution >= 4 is 40.0 Å². The smallest absolute Gasteiger partial charge is 0.222 e. The number of hydrazone groups is 1. The summed E-state index contributed by atoms with van der Waals surface area (Å²) in [5, 5.41) is 11.9. The fourth-order valence-electron chi connectivity index (χ4n) is 3.27. The van der Waals surface area contributed by atoms with E-state index in [4.69, 9.17) is 21.4 Å². The molecule has 0 radical (unpaired) electrons. The lowest BCUT2D eigenvalue weighted by Crippen LogP contribution is -2.33. The van der Waals surface area contributed by atoms with Gasteiger partial charge in [-0.05, 0) is 41.1 Å². The number of hydrogen-bond acceptors (Lipinski definition) is 5. The van der Waals surface area contributed by atoms with Crippen molar-refractivity contribution in [1.82, 2.24) is 5.01 Å². The molecule has 120 valence electrons. The number of fused-ring (bicyclic) bond motifs is 3. The minimum Gasteiger partial charge on any atom is -0.464 e. The highest BCUT2D eigenvalue weighted by atomic mass is 35.5. The molecule has 0 fully saturated rings. The van der Waals surface area contributed by atoms with Gasteiger partial charge in [0.2, 0.25) is 6.23 Å². The first kappa shape index (κ1) is 14.5. The lowest BCUT2D eigenvalue weighted by molar-refractivity contribution is -0.0165. The van der Waals surface area contributed by atoms with Crippen molar-refractivity contribution in [2.24, 2.45) is 5.10 Å². The van der Waals surface area contributed by atoms with Crippen LogP contribution < -0.4 is 4.74 Å². The van der Waals surface area contributed by atoms with E-state index in [-0.39, 0.29) is 12.3 Å². The number of ether oxygens (including phenoxy) is 1. The molecule has 6 heteroatoms. The van der Waals surface area contributed by atoms with Gasteiger partial charge in [0, 0.05) is 17.0 Å². The van der Waals surface area contributed by atoms with Gasteiger partial charge in [-0.3, -0.25) is 0 Å². The Morgan fingerprint density at radius 2 is 2.00 bits per heavy atom. The molecule has 1 aromatic carbocycles. The number of halogens is 1. The largest absolute Gasteiger partial charge is 0.464 e. The van der Waals surface area contributed by atoms with E-state index in [2.05, 4.69) is 40.0 Å². The van der Waals surface area contributed by atoms with Gasteiger partial charge >= 0.3 is 0 Å². The Morgan fingerprint density at radius 3 is 2.79 bits per heavy atom. The summed E-state index contributed by atoms with van der Waals surface area (Å²) in [6.45, 7) is 0. The number of hydrogen-bond donors (Lipinski definition) is 0. The fourth-order valence-corrected chi connectivity index (χ4v) is 4.91. The van der Waals surface area contributed by atoms with Crippen LogP contribution in [0.1, 0.15) is 34.0 Å². The lowest BCUT2D eigenvalue weighted by Gasteiger charge is -2.37. The molecule has 2 atom stereocenters. The highest BCUT2D eigenvalue weighted by Gasteiger charge is 2.41. The van der Waals surface area contributed by atoms with Crippen LogP contribution in [-0.4, -0.2) is 10.7 Å². The molecule has 5 rings (SSSR count).